The molecule has 2 nitrogen and oxygen atoms in total. The van der Waals surface area contributed by atoms with Crippen molar-refractivity contribution >= 4 is 0 Å². The van der Waals surface area contributed by atoms with Crippen LogP contribution in [0, 0.1) is 11.3 Å². The number of halogens is 1. The minimum absolute atomic E-state index is 0. The molecule has 0 fully saturated rings. The van der Waals surface area contributed by atoms with Gasteiger partial charge in [-0.15, -0.1) is 0 Å². The van der Waals surface area contributed by atoms with E-state index in [9.17, 15) is 0 Å². The first-order chi connectivity index (χ1) is 4.83. The van der Waals surface area contributed by atoms with Crippen molar-refractivity contribution in [3.8, 4) is 6.07 Å². The van der Waals surface area contributed by atoms with Gasteiger partial charge in [-0.1, -0.05) is 0 Å². The van der Waals surface area contributed by atoms with Gasteiger partial charge >= 0.3 is 0 Å². The number of aromatic nitrogens is 1. The predicted molar refractivity (Wildman–Crippen MR) is 36.9 cm³/mol. The zero-order valence-electron chi connectivity index (χ0n) is 6.29. The van der Waals surface area contributed by atoms with Crippen molar-refractivity contribution in [1.29, 1.82) is 5.26 Å². The van der Waals surface area contributed by atoms with Crippen molar-refractivity contribution in [3.05, 3.63) is 30.1 Å². The lowest BCUT2D eigenvalue weighted by Gasteiger charge is -1.88. The van der Waals surface area contributed by atoms with Gasteiger partial charge in [-0.3, -0.25) is 0 Å². The summed E-state index contributed by atoms with van der Waals surface area (Å²) in [7, 11) is 1.95. The van der Waals surface area contributed by atoms with E-state index in [1.54, 1.807) is 0 Å². The fourth-order valence-corrected chi connectivity index (χ4v) is 0.846. The number of rotatable bonds is 1. The Hall–Kier alpha value is -0.630. The van der Waals surface area contributed by atoms with Crippen molar-refractivity contribution in [2.24, 2.45) is 7.05 Å². The molecule has 11 heavy (non-hydrogen) atoms. The van der Waals surface area contributed by atoms with Crippen molar-refractivity contribution in [1.82, 2.24) is 0 Å². The molecule has 0 aromatic carbocycles. The van der Waals surface area contributed by atoms with Gasteiger partial charge in [-0.05, 0) is 6.07 Å². The first-order valence-electron chi connectivity index (χ1n) is 3.14. The van der Waals surface area contributed by atoms with E-state index in [2.05, 4.69) is 6.07 Å². The van der Waals surface area contributed by atoms with Gasteiger partial charge in [0, 0.05) is 11.6 Å². The molecule has 0 atom stereocenters. The van der Waals surface area contributed by atoms with Gasteiger partial charge in [0.05, 0.1) is 12.5 Å². The van der Waals surface area contributed by atoms with Crippen LogP contribution in [-0.4, -0.2) is 0 Å². The average Bonchev–Trinajstić information content (AvgIpc) is 1.88. The van der Waals surface area contributed by atoms with Crippen LogP contribution in [0.5, 0.6) is 0 Å². The Bertz CT molecular complexity index is 265. The maximum atomic E-state index is 8.35. The predicted octanol–water partition coefficient (Wildman–Crippen LogP) is -2.42. The molecular weight excluding hydrogens is 251 g/mol. The molecule has 58 valence electrons. The van der Waals surface area contributed by atoms with Crippen LogP contribution in [0.3, 0.4) is 0 Å². The Morgan fingerprint density at radius 3 is 2.91 bits per heavy atom. The second-order valence-corrected chi connectivity index (χ2v) is 2.21. The van der Waals surface area contributed by atoms with Gasteiger partial charge in [0.25, 0.3) is 0 Å². The van der Waals surface area contributed by atoms with Crippen LogP contribution in [0.4, 0.5) is 0 Å². The lowest BCUT2D eigenvalue weighted by atomic mass is 10.2. The largest absolute Gasteiger partial charge is 1.00 e. The van der Waals surface area contributed by atoms with Crippen LogP contribution < -0.4 is 28.5 Å². The lowest BCUT2D eigenvalue weighted by Crippen LogP contribution is -3.00. The van der Waals surface area contributed by atoms with Crippen LogP contribution in [-0.2, 0) is 13.5 Å². The molecule has 0 radical (unpaired) electrons. The van der Waals surface area contributed by atoms with Gasteiger partial charge in [-0.25, -0.2) is 4.57 Å². The van der Waals surface area contributed by atoms with Crippen LogP contribution in [0.15, 0.2) is 24.5 Å². The van der Waals surface area contributed by atoms with Gasteiger partial charge in [0.15, 0.2) is 12.4 Å². The third kappa shape index (κ3) is 3.33. The Labute approximate surface area is 83.5 Å². The first-order valence-corrected chi connectivity index (χ1v) is 3.14. The molecule has 0 aliphatic carbocycles. The van der Waals surface area contributed by atoms with Gasteiger partial charge in [-0.2, -0.15) is 5.26 Å². The lowest BCUT2D eigenvalue weighted by molar-refractivity contribution is -0.671. The Morgan fingerprint density at radius 2 is 2.36 bits per heavy atom. The zero-order valence-corrected chi connectivity index (χ0v) is 8.45. The summed E-state index contributed by atoms with van der Waals surface area (Å²) in [4.78, 5) is 0. The molecule has 0 aliphatic heterocycles. The summed E-state index contributed by atoms with van der Waals surface area (Å²) in [6, 6.07) is 5.98. The topological polar surface area (TPSA) is 27.7 Å². The maximum Gasteiger partial charge on any atom is 0.172 e. The summed E-state index contributed by atoms with van der Waals surface area (Å²) in [5.41, 5.74) is 1.06. The third-order valence-corrected chi connectivity index (χ3v) is 1.28. The molecule has 0 spiro atoms. The molecule has 0 saturated carbocycles. The highest BCUT2D eigenvalue weighted by Crippen LogP contribution is 1.92. The summed E-state index contributed by atoms with van der Waals surface area (Å²) in [5, 5.41) is 8.35. The molecule has 0 aliphatic rings. The molecule has 1 heterocycles. The summed E-state index contributed by atoms with van der Waals surface area (Å²) in [6.07, 6.45) is 4.39. The Balaban J connectivity index is 0.000001000. The SMILES string of the molecule is C[n+]1cccc(CC#N)c1.[I-]. The second kappa shape index (κ2) is 5.08. The zero-order chi connectivity index (χ0) is 7.40. The number of nitriles is 1. The van der Waals surface area contributed by atoms with Crippen LogP contribution in [0.2, 0.25) is 0 Å². The van der Waals surface area contributed by atoms with Gasteiger partial charge in [0.2, 0.25) is 0 Å². The normalized spacial score (nSPS) is 8.00. The third-order valence-electron chi connectivity index (χ3n) is 1.28. The van der Waals surface area contributed by atoms with Gasteiger partial charge in [0.1, 0.15) is 7.05 Å². The van der Waals surface area contributed by atoms with Gasteiger partial charge < -0.3 is 24.0 Å². The monoisotopic (exact) mass is 260 g/mol. The van der Waals surface area contributed by atoms with Crippen molar-refractivity contribution < 1.29 is 28.5 Å². The standard InChI is InChI=1S/C8H9N2.HI/c1-10-6-2-3-8(7-10)4-5-9;/h2-3,6-7H,4H2,1H3;1H/q+1;/p-1. The summed E-state index contributed by atoms with van der Waals surface area (Å²) in [5.74, 6) is 0. The molecule has 1 aromatic rings. The number of hydrogen-bond donors (Lipinski definition) is 0. The summed E-state index contributed by atoms with van der Waals surface area (Å²) in [6.45, 7) is 0. The number of hydrogen-bond acceptors (Lipinski definition) is 1. The fraction of sp³-hybridized carbons (Fsp3) is 0.250. The minimum Gasteiger partial charge on any atom is -1.00 e. The van der Waals surface area contributed by atoms with Crippen molar-refractivity contribution in [3.63, 3.8) is 0 Å². The van der Waals surface area contributed by atoms with E-state index < -0.39 is 0 Å². The molecule has 0 saturated heterocycles. The summed E-state index contributed by atoms with van der Waals surface area (Å²) < 4.78 is 1.94. The van der Waals surface area contributed by atoms with E-state index in [0.29, 0.717) is 6.42 Å². The first kappa shape index (κ1) is 10.4. The Morgan fingerprint density at radius 1 is 1.64 bits per heavy atom. The molecule has 0 unspecified atom stereocenters. The van der Waals surface area contributed by atoms with E-state index in [-0.39, 0.29) is 24.0 Å². The van der Waals surface area contributed by atoms with Crippen LogP contribution in [0.1, 0.15) is 5.56 Å². The molecule has 0 amide bonds. The molecule has 1 aromatic heterocycles. The minimum atomic E-state index is 0. The number of aryl methyl sites for hydroxylation is 1. The molecule has 0 N–H and O–H groups in total. The Kier molecular flexibility index (Phi) is 4.79. The highest BCUT2D eigenvalue weighted by molar-refractivity contribution is 5.09. The van der Waals surface area contributed by atoms with E-state index in [4.69, 9.17) is 5.26 Å². The molecular formula is C8H9IN2. The highest BCUT2D eigenvalue weighted by Gasteiger charge is 1.94. The molecule has 0 bridgehead atoms. The van der Waals surface area contributed by atoms with E-state index in [1.807, 2.05) is 36.1 Å². The van der Waals surface area contributed by atoms with E-state index in [0.717, 1.165) is 5.56 Å². The molecule has 1 rings (SSSR count). The number of pyridine rings is 1. The maximum absolute atomic E-state index is 8.35. The van der Waals surface area contributed by atoms with Crippen molar-refractivity contribution in [2.75, 3.05) is 0 Å². The highest BCUT2D eigenvalue weighted by atomic mass is 127. The van der Waals surface area contributed by atoms with E-state index >= 15 is 0 Å². The van der Waals surface area contributed by atoms with Crippen LogP contribution >= 0.6 is 0 Å². The smallest absolute Gasteiger partial charge is 0.172 e. The van der Waals surface area contributed by atoms with Crippen molar-refractivity contribution in [2.45, 2.75) is 6.42 Å². The van der Waals surface area contributed by atoms with Crippen LogP contribution in [0.25, 0.3) is 0 Å². The summed E-state index contributed by atoms with van der Waals surface area (Å²) >= 11 is 0. The second-order valence-electron chi connectivity index (χ2n) is 2.21. The van der Waals surface area contributed by atoms with E-state index in [1.165, 1.54) is 0 Å². The quantitative estimate of drug-likeness (QED) is 0.408. The number of nitrogens with zero attached hydrogens (tertiary/aromatic N) is 2. The average molecular weight is 260 g/mol. The molecule has 3 heteroatoms. The fourth-order valence-electron chi connectivity index (χ4n) is 0.846.